The van der Waals surface area contributed by atoms with Gasteiger partial charge in [-0.15, -0.1) is 0 Å². The smallest absolute Gasteiger partial charge is 0.276 e. The second kappa shape index (κ2) is 5.77. The Morgan fingerprint density at radius 1 is 1.39 bits per heavy atom. The summed E-state index contributed by atoms with van der Waals surface area (Å²) in [6.45, 7) is 2.38. The van der Waals surface area contributed by atoms with Crippen molar-refractivity contribution >= 4 is 26.6 Å². The maximum absolute atomic E-state index is 12.5. The molecule has 1 atom stereocenters. The number of fused-ring (bicyclic) bond motifs is 1. The van der Waals surface area contributed by atoms with Crippen molar-refractivity contribution in [3.8, 4) is 0 Å². The van der Waals surface area contributed by atoms with E-state index in [1.165, 1.54) is 0 Å². The standard InChI is InChI=1S/C15H17N3O4S/c1-2-18-12-6-4-3-5-11(12)14(19)13(17-18)15(20)16-10-7-8-23(21,22)9-10/h3-6,10H,2,7-9H2,1H3,(H,16,20). The molecule has 3 rings (SSSR count). The first-order valence-electron chi connectivity index (χ1n) is 7.42. The number of nitrogens with zero attached hydrogens (tertiary/aromatic N) is 2. The van der Waals surface area contributed by atoms with Crippen molar-refractivity contribution in [2.45, 2.75) is 25.9 Å². The molecule has 1 aliphatic rings. The number of hydrogen-bond acceptors (Lipinski definition) is 5. The first kappa shape index (κ1) is 15.7. The van der Waals surface area contributed by atoms with Gasteiger partial charge in [0.25, 0.3) is 5.91 Å². The van der Waals surface area contributed by atoms with Crippen LogP contribution in [0.3, 0.4) is 0 Å². The lowest BCUT2D eigenvalue weighted by Gasteiger charge is -2.12. The molecule has 1 amide bonds. The average molecular weight is 335 g/mol. The number of aromatic nitrogens is 2. The highest BCUT2D eigenvalue weighted by Crippen LogP contribution is 2.13. The van der Waals surface area contributed by atoms with Gasteiger partial charge in [-0.25, -0.2) is 8.42 Å². The highest BCUT2D eigenvalue weighted by atomic mass is 32.2. The molecule has 1 saturated heterocycles. The average Bonchev–Trinajstić information content (AvgIpc) is 2.86. The Bertz CT molecular complexity index is 933. The minimum atomic E-state index is -3.10. The molecular formula is C15H17N3O4S. The fourth-order valence-electron chi connectivity index (χ4n) is 2.79. The van der Waals surface area contributed by atoms with Crippen LogP contribution in [0.15, 0.2) is 29.1 Å². The van der Waals surface area contributed by atoms with Crippen molar-refractivity contribution in [3.05, 3.63) is 40.2 Å². The van der Waals surface area contributed by atoms with Gasteiger partial charge in [-0.2, -0.15) is 5.10 Å². The van der Waals surface area contributed by atoms with E-state index in [1.54, 1.807) is 28.9 Å². The maximum Gasteiger partial charge on any atom is 0.276 e. The third-order valence-corrected chi connectivity index (χ3v) is 5.71. The fourth-order valence-corrected chi connectivity index (χ4v) is 4.46. The fraction of sp³-hybridized carbons (Fsp3) is 0.400. The summed E-state index contributed by atoms with van der Waals surface area (Å²) < 4.78 is 24.5. The minimum Gasteiger partial charge on any atom is -0.347 e. The molecule has 1 aromatic heterocycles. The lowest BCUT2D eigenvalue weighted by molar-refractivity contribution is 0.0933. The zero-order valence-electron chi connectivity index (χ0n) is 12.7. The van der Waals surface area contributed by atoms with Gasteiger partial charge in [0.2, 0.25) is 5.43 Å². The highest BCUT2D eigenvalue weighted by Gasteiger charge is 2.30. The molecule has 2 heterocycles. The van der Waals surface area contributed by atoms with E-state index in [2.05, 4.69) is 10.4 Å². The summed E-state index contributed by atoms with van der Waals surface area (Å²) in [6.07, 6.45) is 0.365. The SMILES string of the molecule is CCn1nc(C(=O)NC2CCS(=O)(=O)C2)c(=O)c2ccccc21. The van der Waals surface area contributed by atoms with Crippen LogP contribution in [0.4, 0.5) is 0 Å². The van der Waals surface area contributed by atoms with E-state index in [1.807, 2.05) is 6.92 Å². The largest absolute Gasteiger partial charge is 0.347 e. The molecule has 2 aromatic rings. The van der Waals surface area contributed by atoms with E-state index in [0.29, 0.717) is 23.9 Å². The van der Waals surface area contributed by atoms with E-state index >= 15 is 0 Å². The predicted octanol–water partition coefficient (Wildman–Crippen LogP) is 0.333. The van der Waals surface area contributed by atoms with E-state index in [9.17, 15) is 18.0 Å². The van der Waals surface area contributed by atoms with Crippen LogP contribution < -0.4 is 10.7 Å². The van der Waals surface area contributed by atoms with Crippen molar-refractivity contribution in [2.24, 2.45) is 0 Å². The quantitative estimate of drug-likeness (QED) is 0.872. The van der Waals surface area contributed by atoms with Crippen molar-refractivity contribution < 1.29 is 13.2 Å². The molecule has 0 radical (unpaired) electrons. The van der Waals surface area contributed by atoms with Gasteiger partial charge >= 0.3 is 0 Å². The molecule has 1 aromatic carbocycles. The monoisotopic (exact) mass is 335 g/mol. The van der Waals surface area contributed by atoms with Crippen LogP contribution in [0.5, 0.6) is 0 Å². The number of aryl methyl sites for hydroxylation is 1. The Balaban J connectivity index is 1.98. The number of amides is 1. The number of benzene rings is 1. The van der Waals surface area contributed by atoms with E-state index in [0.717, 1.165) is 0 Å². The zero-order chi connectivity index (χ0) is 16.6. The van der Waals surface area contributed by atoms with Crippen LogP contribution in [0.2, 0.25) is 0 Å². The molecule has 0 bridgehead atoms. The Morgan fingerprint density at radius 2 is 2.13 bits per heavy atom. The summed E-state index contributed by atoms with van der Waals surface area (Å²) in [5.41, 5.74) is 0.0264. The molecule has 0 saturated carbocycles. The number of nitrogens with one attached hydrogen (secondary N) is 1. The first-order chi connectivity index (χ1) is 10.9. The molecule has 1 unspecified atom stereocenters. The number of carbonyl (C=O) groups is 1. The molecule has 122 valence electrons. The molecule has 1 aliphatic heterocycles. The molecule has 8 heteroatoms. The predicted molar refractivity (Wildman–Crippen MR) is 86.2 cm³/mol. The Morgan fingerprint density at radius 3 is 2.78 bits per heavy atom. The number of hydrogen-bond donors (Lipinski definition) is 1. The van der Waals surface area contributed by atoms with Crippen LogP contribution in [0, 0.1) is 0 Å². The first-order valence-corrected chi connectivity index (χ1v) is 9.24. The lowest BCUT2D eigenvalue weighted by Crippen LogP contribution is -2.39. The summed E-state index contributed by atoms with van der Waals surface area (Å²) in [4.78, 5) is 24.8. The molecule has 7 nitrogen and oxygen atoms in total. The molecule has 23 heavy (non-hydrogen) atoms. The summed E-state index contributed by atoms with van der Waals surface area (Å²) >= 11 is 0. The van der Waals surface area contributed by atoms with Crippen molar-refractivity contribution in [1.82, 2.24) is 15.1 Å². The molecular weight excluding hydrogens is 318 g/mol. The maximum atomic E-state index is 12.5. The van der Waals surface area contributed by atoms with Gasteiger partial charge < -0.3 is 5.32 Å². The second-order valence-electron chi connectivity index (χ2n) is 5.58. The van der Waals surface area contributed by atoms with Gasteiger partial charge in [-0.1, -0.05) is 12.1 Å². The van der Waals surface area contributed by atoms with Gasteiger partial charge in [0.15, 0.2) is 15.5 Å². The van der Waals surface area contributed by atoms with Crippen LogP contribution in [-0.2, 0) is 16.4 Å². The van der Waals surface area contributed by atoms with Crippen LogP contribution in [-0.4, -0.2) is 41.7 Å². The third kappa shape index (κ3) is 2.98. The van der Waals surface area contributed by atoms with E-state index in [4.69, 9.17) is 0 Å². The number of rotatable bonds is 3. The molecule has 1 N–H and O–H groups in total. The number of para-hydroxylation sites is 1. The van der Waals surface area contributed by atoms with Gasteiger partial charge in [0.05, 0.1) is 17.0 Å². The van der Waals surface area contributed by atoms with Gasteiger partial charge in [0.1, 0.15) is 0 Å². The van der Waals surface area contributed by atoms with Crippen molar-refractivity contribution in [2.75, 3.05) is 11.5 Å². The second-order valence-corrected chi connectivity index (χ2v) is 7.81. The minimum absolute atomic E-state index is 0.0578. The molecule has 0 spiro atoms. The van der Waals surface area contributed by atoms with Gasteiger partial charge in [0, 0.05) is 18.0 Å². The zero-order valence-corrected chi connectivity index (χ0v) is 13.5. The summed E-state index contributed by atoms with van der Waals surface area (Å²) in [7, 11) is -3.10. The van der Waals surface area contributed by atoms with Crippen LogP contribution >= 0.6 is 0 Å². The third-order valence-electron chi connectivity index (χ3n) is 3.94. The van der Waals surface area contributed by atoms with Crippen molar-refractivity contribution in [3.63, 3.8) is 0 Å². The molecule has 0 aliphatic carbocycles. The summed E-state index contributed by atoms with van der Waals surface area (Å²) in [6, 6.07) is 6.50. The summed E-state index contributed by atoms with van der Waals surface area (Å²) in [5, 5.41) is 7.18. The Hall–Kier alpha value is -2.22. The van der Waals surface area contributed by atoms with E-state index < -0.39 is 27.2 Å². The highest BCUT2D eigenvalue weighted by molar-refractivity contribution is 7.91. The normalized spacial score (nSPS) is 19.8. The van der Waals surface area contributed by atoms with Gasteiger partial charge in [-0.3, -0.25) is 14.3 Å². The molecule has 1 fully saturated rings. The Labute approximate surface area is 133 Å². The Kier molecular flexibility index (Phi) is 3.93. The van der Waals surface area contributed by atoms with Crippen LogP contribution in [0.1, 0.15) is 23.8 Å². The topological polar surface area (TPSA) is 98.1 Å². The van der Waals surface area contributed by atoms with Crippen molar-refractivity contribution in [1.29, 1.82) is 0 Å². The number of sulfone groups is 1. The van der Waals surface area contributed by atoms with Gasteiger partial charge in [-0.05, 0) is 25.5 Å². The van der Waals surface area contributed by atoms with E-state index in [-0.39, 0.29) is 17.2 Å². The summed E-state index contributed by atoms with van der Waals surface area (Å²) in [5.74, 6) is -0.651. The lowest BCUT2D eigenvalue weighted by atomic mass is 10.2. The number of carbonyl (C=O) groups excluding carboxylic acids is 1. The van der Waals surface area contributed by atoms with Crippen LogP contribution in [0.25, 0.3) is 10.9 Å².